The second-order valence-corrected chi connectivity index (χ2v) is 6.74. The van der Waals surface area contributed by atoms with Crippen molar-refractivity contribution in [1.82, 2.24) is 15.2 Å². The van der Waals surface area contributed by atoms with E-state index in [-0.39, 0.29) is 5.43 Å². The summed E-state index contributed by atoms with van der Waals surface area (Å²) in [4.78, 5) is 18.4. The molecule has 3 aromatic rings. The van der Waals surface area contributed by atoms with Gasteiger partial charge >= 0.3 is 0 Å². The molecular formula is C21H23N3O3. The maximum atomic E-state index is 11.7. The molecule has 0 aliphatic carbocycles. The van der Waals surface area contributed by atoms with E-state index in [0.29, 0.717) is 23.6 Å². The molecular weight excluding hydrogens is 342 g/mol. The van der Waals surface area contributed by atoms with Crippen molar-refractivity contribution >= 4 is 11.0 Å². The number of fused-ring (bicyclic) bond motifs is 1. The number of hydrogen-bond acceptors (Lipinski definition) is 6. The molecule has 1 aliphatic rings. The van der Waals surface area contributed by atoms with Crippen molar-refractivity contribution in [3.8, 4) is 5.75 Å². The van der Waals surface area contributed by atoms with Gasteiger partial charge in [0.25, 0.3) is 0 Å². The molecule has 1 N–H and O–H groups in total. The topological polar surface area (TPSA) is 67.6 Å². The van der Waals surface area contributed by atoms with Gasteiger partial charge in [0.2, 0.25) is 0 Å². The van der Waals surface area contributed by atoms with E-state index in [1.165, 1.54) is 17.9 Å². The number of nitrogens with zero attached hydrogens (tertiary/aromatic N) is 2. The average Bonchev–Trinajstić information content (AvgIpc) is 2.72. The number of ether oxygens (including phenoxy) is 1. The van der Waals surface area contributed by atoms with E-state index >= 15 is 0 Å². The molecule has 0 radical (unpaired) electrons. The molecule has 1 saturated heterocycles. The summed E-state index contributed by atoms with van der Waals surface area (Å²) in [5.41, 5.74) is 1.75. The zero-order valence-electron chi connectivity index (χ0n) is 15.1. The smallest absolute Gasteiger partial charge is 0.192 e. The highest BCUT2D eigenvalue weighted by Gasteiger charge is 2.20. The van der Waals surface area contributed by atoms with E-state index in [0.717, 1.165) is 38.3 Å². The minimum absolute atomic E-state index is 0.0373. The minimum atomic E-state index is -0.0373. The van der Waals surface area contributed by atoms with Crippen molar-refractivity contribution in [1.29, 1.82) is 0 Å². The van der Waals surface area contributed by atoms with Crippen molar-refractivity contribution in [3.63, 3.8) is 0 Å². The first-order valence-corrected chi connectivity index (χ1v) is 9.30. The number of rotatable bonds is 6. The van der Waals surface area contributed by atoms with Crippen molar-refractivity contribution in [2.45, 2.75) is 12.5 Å². The van der Waals surface area contributed by atoms with E-state index in [4.69, 9.17) is 9.15 Å². The van der Waals surface area contributed by atoms with E-state index in [2.05, 4.69) is 21.3 Å². The second kappa shape index (κ2) is 8.33. The highest BCUT2D eigenvalue weighted by molar-refractivity contribution is 5.77. The summed E-state index contributed by atoms with van der Waals surface area (Å²) in [6.07, 6.45) is 6.09. The molecule has 3 heterocycles. The third kappa shape index (κ3) is 4.35. The number of benzene rings is 1. The van der Waals surface area contributed by atoms with Gasteiger partial charge in [0.1, 0.15) is 11.3 Å². The molecule has 0 bridgehead atoms. The Morgan fingerprint density at radius 3 is 3.15 bits per heavy atom. The van der Waals surface area contributed by atoms with Crippen LogP contribution in [-0.4, -0.2) is 42.7 Å². The van der Waals surface area contributed by atoms with Crippen molar-refractivity contribution in [3.05, 3.63) is 70.8 Å². The SMILES string of the molecule is O=c1ccoc2cc(OCCCN3CCNC(c4cccnc4)C3)ccc12. The fraction of sp³-hybridized carbons (Fsp3) is 0.333. The highest BCUT2D eigenvalue weighted by atomic mass is 16.5. The van der Waals surface area contributed by atoms with Crippen LogP contribution in [0.1, 0.15) is 18.0 Å². The molecule has 1 aliphatic heterocycles. The minimum Gasteiger partial charge on any atom is -0.493 e. The number of piperazine rings is 1. The third-order valence-corrected chi connectivity index (χ3v) is 4.87. The fourth-order valence-corrected chi connectivity index (χ4v) is 3.45. The normalized spacial score (nSPS) is 17.9. The van der Waals surface area contributed by atoms with Crippen LogP contribution < -0.4 is 15.5 Å². The van der Waals surface area contributed by atoms with Gasteiger partial charge in [-0.3, -0.25) is 9.78 Å². The van der Waals surface area contributed by atoms with Gasteiger partial charge in [-0.2, -0.15) is 0 Å². The van der Waals surface area contributed by atoms with E-state index in [1.807, 2.05) is 18.3 Å². The lowest BCUT2D eigenvalue weighted by atomic mass is 10.1. The second-order valence-electron chi connectivity index (χ2n) is 6.74. The zero-order chi connectivity index (χ0) is 18.5. The van der Waals surface area contributed by atoms with Crippen molar-refractivity contribution in [2.24, 2.45) is 0 Å². The summed E-state index contributed by atoms with van der Waals surface area (Å²) in [7, 11) is 0. The molecule has 0 spiro atoms. The van der Waals surface area contributed by atoms with Gasteiger partial charge in [-0.05, 0) is 30.2 Å². The van der Waals surface area contributed by atoms with Gasteiger partial charge in [0.15, 0.2) is 5.43 Å². The Bertz CT molecular complexity index is 942. The summed E-state index contributed by atoms with van der Waals surface area (Å²) in [6.45, 7) is 4.61. The predicted molar refractivity (Wildman–Crippen MR) is 104 cm³/mol. The Balaban J connectivity index is 1.27. The largest absolute Gasteiger partial charge is 0.493 e. The molecule has 1 aromatic carbocycles. The number of hydrogen-bond donors (Lipinski definition) is 1. The number of aromatic nitrogens is 1. The molecule has 1 atom stereocenters. The van der Waals surface area contributed by atoms with E-state index in [9.17, 15) is 4.79 Å². The Hall–Kier alpha value is -2.70. The lowest BCUT2D eigenvalue weighted by molar-refractivity contribution is 0.184. The van der Waals surface area contributed by atoms with Crippen LogP contribution in [-0.2, 0) is 0 Å². The van der Waals surface area contributed by atoms with E-state index in [1.54, 1.807) is 18.3 Å². The molecule has 6 nitrogen and oxygen atoms in total. The Labute approximate surface area is 157 Å². The zero-order valence-corrected chi connectivity index (χ0v) is 15.1. The lowest BCUT2D eigenvalue weighted by Crippen LogP contribution is -2.46. The number of pyridine rings is 1. The maximum absolute atomic E-state index is 11.7. The molecule has 0 saturated carbocycles. The van der Waals surface area contributed by atoms with Crippen LogP contribution in [0.3, 0.4) is 0 Å². The van der Waals surface area contributed by atoms with Gasteiger partial charge < -0.3 is 19.4 Å². The monoisotopic (exact) mass is 365 g/mol. The fourth-order valence-electron chi connectivity index (χ4n) is 3.45. The Morgan fingerprint density at radius 2 is 2.26 bits per heavy atom. The first-order valence-electron chi connectivity index (χ1n) is 9.30. The molecule has 1 unspecified atom stereocenters. The van der Waals surface area contributed by atoms with Crippen LogP contribution in [0.15, 0.2) is 64.3 Å². The van der Waals surface area contributed by atoms with Crippen LogP contribution in [0.25, 0.3) is 11.0 Å². The van der Waals surface area contributed by atoms with Crippen LogP contribution in [0.4, 0.5) is 0 Å². The summed E-state index contributed by atoms with van der Waals surface area (Å²) >= 11 is 0. The summed E-state index contributed by atoms with van der Waals surface area (Å²) in [5, 5.41) is 4.13. The molecule has 1 fully saturated rings. The molecule has 0 amide bonds. The first kappa shape index (κ1) is 17.7. The van der Waals surface area contributed by atoms with Gasteiger partial charge in [0.05, 0.1) is 18.3 Å². The summed E-state index contributed by atoms with van der Waals surface area (Å²) in [6, 6.07) is 11.2. The quantitative estimate of drug-likeness (QED) is 0.678. The van der Waals surface area contributed by atoms with Crippen molar-refractivity contribution < 1.29 is 9.15 Å². The first-order chi connectivity index (χ1) is 13.3. The summed E-state index contributed by atoms with van der Waals surface area (Å²) in [5.74, 6) is 0.727. The van der Waals surface area contributed by atoms with Crippen LogP contribution >= 0.6 is 0 Å². The maximum Gasteiger partial charge on any atom is 0.192 e. The van der Waals surface area contributed by atoms with Gasteiger partial charge in [-0.1, -0.05) is 6.07 Å². The molecule has 27 heavy (non-hydrogen) atoms. The van der Waals surface area contributed by atoms with Crippen LogP contribution in [0.5, 0.6) is 5.75 Å². The summed E-state index contributed by atoms with van der Waals surface area (Å²) < 4.78 is 11.2. The molecule has 2 aromatic heterocycles. The Kier molecular flexibility index (Phi) is 5.46. The molecule has 6 heteroatoms. The predicted octanol–water partition coefficient (Wildman–Crippen LogP) is 2.60. The molecule has 140 valence electrons. The van der Waals surface area contributed by atoms with Crippen LogP contribution in [0.2, 0.25) is 0 Å². The van der Waals surface area contributed by atoms with Crippen molar-refractivity contribution in [2.75, 3.05) is 32.8 Å². The van der Waals surface area contributed by atoms with Gasteiger partial charge in [-0.25, -0.2) is 0 Å². The van der Waals surface area contributed by atoms with Gasteiger partial charge in [0, 0.05) is 56.7 Å². The Morgan fingerprint density at radius 1 is 1.30 bits per heavy atom. The lowest BCUT2D eigenvalue weighted by Gasteiger charge is -2.33. The van der Waals surface area contributed by atoms with Crippen LogP contribution in [0, 0.1) is 0 Å². The van der Waals surface area contributed by atoms with Gasteiger partial charge in [-0.15, -0.1) is 0 Å². The highest BCUT2D eigenvalue weighted by Crippen LogP contribution is 2.19. The third-order valence-electron chi connectivity index (χ3n) is 4.87. The average molecular weight is 365 g/mol. The molecule has 4 rings (SSSR count). The standard InChI is InChI=1S/C21H23N3O3/c25-20-6-12-27-21-13-17(4-5-18(20)21)26-11-2-9-24-10-8-23-19(15-24)16-3-1-7-22-14-16/h1,3-7,12-14,19,23H,2,8-11,15H2. The number of nitrogens with one attached hydrogen (secondary N) is 1. The van der Waals surface area contributed by atoms with E-state index < -0.39 is 0 Å².